The zero-order chi connectivity index (χ0) is 11.5. The first kappa shape index (κ1) is 11.1. The number of H-pyrrole nitrogens is 1. The summed E-state index contributed by atoms with van der Waals surface area (Å²) in [4.78, 5) is 20.5. The number of nitrogens with two attached hydrogens (primary N) is 1. The van der Waals surface area contributed by atoms with Gasteiger partial charge in [0.1, 0.15) is 5.82 Å². The molecule has 0 spiro atoms. The van der Waals surface area contributed by atoms with Gasteiger partial charge in [-0.15, -0.1) is 0 Å². The van der Waals surface area contributed by atoms with E-state index >= 15 is 0 Å². The Labute approximate surface area is 98.7 Å². The van der Waals surface area contributed by atoms with Crippen molar-refractivity contribution in [3.05, 3.63) is 22.7 Å². The Morgan fingerprint density at radius 1 is 1.69 bits per heavy atom. The Balaban J connectivity index is 2.12. The largest absolute Gasteiger partial charge is 0.393 e. The molecule has 1 fully saturated rings. The monoisotopic (exact) mass is 238 g/mol. The van der Waals surface area contributed by atoms with E-state index in [1.165, 1.54) is 12.4 Å². The van der Waals surface area contributed by atoms with E-state index in [1.54, 1.807) is 0 Å². The van der Waals surface area contributed by atoms with Crippen LogP contribution in [0, 0.1) is 0 Å². The quantitative estimate of drug-likeness (QED) is 0.727. The molecule has 3 N–H and O–H groups in total. The van der Waals surface area contributed by atoms with Gasteiger partial charge in [-0.05, 0) is 12.8 Å². The fourth-order valence-electron chi connectivity index (χ4n) is 1.62. The van der Waals surface area contributed by atoms with Crippen molar-refractivity contribution in [1.29, 1.82) is 0 Å². The zero-order valence-corrected chi connectivity index (χ0v) is 9.67. The van der Waals surface area contributed by atoms with Gasteiger partial charge in [0.15, 0.2) is 0 Å². The van der Waals surface area contributed by atoms with E-state index in [1.807, 2.05) is 0 Å². The van der Waals surface area contributed by atoms with Gasteiger partial charge in [-0.2, -0.15) is 0 Å². The summed E-state index contributed by atoms with van der Waals surface area (Å²) >= 11 is 4.86. The molecule has 5 nitrogen and oxygen atoms in total. The molecule has 16 heavy (non-hydrogen) atoms. The van der Waals surface area contributed by atoms with Gasteiger partial charge in [0, 0.05) is 25.1 Å². The molecular formula is C10H14N4OS. The molecule has 1 saturated carbocycles. The van der Waals surface area contributed by atoms with Crippen LogP contribution in [0.3, 0.4) is 0 Å². The molecule has 2 rings (SSSR count). The first-order valence-electron chi connectivity index (χ1n) is 5.26. The first-order chi connectivity index (χ1) is 7.66. The smallest absolute Gasteiger partial charge is 0.252 e. The van der Waals surface area contributed by atoms with Gasteiger partial charge in [-0.1, -0.05) is 12.2 Å². The molecule has 0 bridgehead atoms. The summed E-state index contributed by atoms with van der Waals surface area (Å²) in [6, 6.07) is 2.00. The molecule has 6 heteroatoms. The number of rotatable bonds is 5. The summed E-state index contributed by atoms with van der Waals surface area (Å²) in [6.45, 7) is 0.733. The second-order valence-electron chi connectivity index (χ2n) is 3.91. The molecule has 1 heterocycles. The molecule has 0 amide bonds. The van der Waals surface area contributed by atoms with Crippen molar-refractivity contribution in [2.45, 2.75) is 25.3 Å². The van der Waals surface area contributed by atoms with Gasteiger partial charge in [0.25, 0.3) is 5.56 Å². The van der Waals surface area contributed by atoms with E-state index in [0.717, 1.165) is 19.4 Å². The number of nitrogens with zero attached hydrogens (tertiary/aromatic N) is 2. The number of aromatic amines is 1. The summed E-state index contributed by atoms with van der Waals surface area (Å²) in [5.74, 6) is 0.711. The van der Waals surface area contributed by atoms with Crippen LogP contribution < -0.4 is 16.2 Å². The lowest BCUT2D eigenvalue weighted by atomic mass is 10.3. The van der Waals surface area contributed by atoms with Crippen LogP contribution in [0.1, 0.15) is 19.3 Å². The van der Waals surface area contributed by atoms with E-state index in [9.17, 15) is 4.79 Å². The molecule has 0 aliphatic heterocycles. The predicted octanol–water partition coefficient (Wildman–Crippen LogP) is 0.415. The lowest BCUT2D eigenvalue weighted by molar-refractivity contribution is 0.781. The maximum Gasteiger partial charge on any atom is 0.252 e. The van der Waals surface area contributed by atoms with Crippen LogP contribution in [-0.2, 0) is 0 Å². The highest BCUT2D eigenvalue weighted by Crippen LogP contribution is 2.29. The number of aromatic nitrogens is 2. The second-order valence-corrected chi connectivity index (χ2v) is 4.43. The van der Waals surface area contributed by atoms with Crippen molar-refractivity contribution in [3.8, 4) is 0 Å². The molecule has 86 valence electrons. The van der Waals surface area contributed by atoms with Crippen molar-refractivity contribution in [2.24, 2.45) is 5.73 Å². The molecule has 1 aromatic rings. The molecular weight excluding hydrogens is 224 g/mol. The summed E-state index contributed by atoms with van der Waals surface area (Å²) in [7, 11) is 0. The SMILES string of the molecule is NC(=S)CCN(c1cc(=O)[nH]cn1)C1CC1. The summed E-state index contributed by atoms with van der Waals surface area (Å²) in [5.41, 5.74) is 5.35. The van der Waals surface area contributed by atoms with E-state index < -0.39 is 0 Å². The minimum absolute atomic E-state index is 0.133. The maximum absolute atomic E-state index is 11.2. The topological polar surface area (TPSA) is 75.0 Å². The Bertz CT molecular complexity index is 440. The van der Waals surface area contributed by atoms with Crippen LogP contribution in [0.2, 0.25) is 0 Å². The van der Waals surface area contributed by atoms with Gasteiger partial charge in [-0.25, -0.2) is 4.98 Å². The minimum atomic E-state index is -0.133. The number of anilines is 1. The molecule has 0 aromatic carbocycles. The fraction of sp³-hybridized carbons (Fsp3) is 0.500. The Hall–Kier alpha value is -1.43. The number of thiocarbonyl (C=S) groups is 1. The summed E-state index contributed by atoms with van der Waals surface area (Å²) in [6.07, 6.45) is 4.37. The van der Waals surface area contributed by atoms with Crippen molar-refractivity contribution < 1.29 is 0 Å². The lowest BCUT2D eigenvalue weighted by Crippen LogP contribution is -2.31. The number of hydrogen-bond acceptors (Lipinski definition) is 4. The van der Waals surface area contributed by atoms with Gasteiger partial charge in [0.05, 0.1) is 11.3 Å². The molecule has 0 saturated heterocycles. The third kappa shape index (κ3) is 2.79. The van der Waals surface area contributed by atoms with E-state index in [4.69, 9.17) is 18.0 Å². The Morgan fingerprint density at radius 2 is 2.44 bits per heavy atom. The van der Waals surface area contributed by atoms with Gasteiger partial charge < -0.3 is 15.6 Å². The van der Waals surface area contributed by atoms with Crippen molar-refractivity contribution in [1.82, 2.24) is 9.97 Å². The Morgan fingerprint density at radius 3 is 3.00 bits per heavy atom. The van der Waals surface area contributed by atoms with Gasteiger partial charge >= 0.3 is 0 Å². The van der Waals surface area contributed by atoms with E-state index in [-0.39, 0.29) is 5.56 Å². The van der Waals surface area contributed by atoms with Gasteiger partial charge in [0.2, 0.25) is 0 Å². The highest BCUT2D eigenvalue weighted by molar-refractivity contribution is 7.80. The standard InChI is InChI=1S/C10H14N4OS/c11-8(16)3-4-14(7-1-2-7)9-5-10(15)13-6-12-9/h5-7H,1-4H2,(H2,11,16)(H,12,13,15). The average molecular weight is 238 g/mol. The third-order valence-electron chi connectivity index (χ3n) is 2.54. The average Bonchev–Trinajstić information content (AvgIpc) is 3.02. The molecule has 0 radical (unpaired) electrons. The van der Waals surface area contributed by atoms with Gasteiger partial charge in [-0.3, -0.25) is 4.79 Å². The van der Waals surface area contributed by atoms with Crippen molar-refractivity contribution in [2.75, 3.05) is 11.4 Å². The molecule has 1 aliphatic carbocycles. The molecule has 0 unspecified atom stereocenters. The first-order valence-corrected chi connectivity index (χ1v) is 5.67. The number of nitrogens with one attached hydrogen (secondary N) is 1. The third-order valence-corrected chi connectivity index (χ3v) is 2.75. The minimum Gasteiger partial charge on any atom is -0.393 e. The van der Waals surface area contributed by atoms with Crippen LogP contribution in [0.4, 0.5) is 5.82 Å². The highest BCUT2D eigenvalue weighted by Gasteiger charge is 2.29. The maximum atomic E-state index is 11.2. The fourth-order valence-corrected chi connectivity index (χ4v) is 1.71. The van der Waals surface area contributed by atoms with Crippen molar-refractivity contribution in [3.63, 3.8) is 0 Å². The van der Waals surface area contributed by atoms with Crippen LogP contribution in [-0.4, -0.2) is 27.5 Å². The second kappa shape index (κ2) is 4.61. The molecule has 0 atom stereocenters. The predicted molar refractivity (Wildman–Crippen MR) is 66.6 cm³/mol. The normalized spacial score (nSPS) is 14.8. The molecule has 1 aliphatic rings. The number of hydrogen-bond donors (Lipinski definition) is 2. The van der Waals surface area contributed by atoms with Crippen LogP contribution in [0.5, 0.6) is 0 Å². The lowest BCUT2D eigenvalue weighted by Gasteiger charge is -2.22. The zero-order valence-electron chi connectivity index (χ0n) is 8.85. The van der Waals surface area contributed by atoms with E-state index in [0.29, 0.717) is 23.3 Å². The van der Waals surface area contributed by atoms with E-state index in [2.05, 4.69) is 14.9 Å². The van der Waals surface area contributed by atoms with Crippen LogP contribution in [0.25, 0.3) is 0 Å². The van der Waals surface area contributed by atoms with Crippen LogP contribution in [0.15, 0.2) is 17.2 Å². The van der Waals surface area contributed by atoms with Crippen molar-refractivity contribution >= 4 is 23.0 Å². The van der Waals surface area contributed by atoms with Crippen LogP contribution >= 0.6 is 12.2 Å². The summed E-state index contributed by atoms with van der Waals surface area (Å²) < 4.78 is 0. The summed E-state index contributed by atoms with van der Waals surface area (Å²) in [5, 5.41) is 0. The Kier molecular flexibility index (Phi) is 3.19. The molecule has 1 aromatic heterocycles. The highest BCUT2D eigenvalue weighted by atomic mass is 32.1.